The Kier molecular flexibility index (Phi) is 3.14. The van der Waals surface area contributed by atoms with Gasteiger partial charge in [0.05, 0.1) is 11.2 Å². The lowest BCUT2D eigenvalue weighted by molar-refractivity contribution is 0.479. The van der Waals surface area contributed by atoms with Crippen molar-refractivity contribution in [3.05, 3.63) is 33.9 Å². The Morgan fingerprint density at radius 3 is 2.93 bits per heavy atom. The second kappa shape index (κ2) is 4.38. The summed E-state index contributed by atoms with van der Waals surface area (Å²) in [6, 6.07) is 5.36. The van der Waals surface area contributed by atoms with Crippen molar-refractivity contribution < 1.29 is 4.74 Å². The van der Waals surface area contributed by atoms with Gasteiger partial charge in [0, 0.05) is 4.47 Å². The van der Waals surface area contributed by atoms with Crippen LogP contribution >= 0.6 is 38.9 Å². The van der Waals surface area contributed by atoms with Crippen LogP contribution in [0, 0.1) is 0 Å². The van der Waals surface area contributed by atoms with Gasteiger partial charge in [-0.05, 0) is 18.2 Å². The molecule has 6 heteroatoms. The zero-order chi connectivity index (χ0) is 10.8. The lowest BCUT2D eigenvalue weighted by atomic mass is 10.3. The number of hydrogen-bond donors (Lipinski definition) is 1. The van der Waals surface area contributed by atoms with Crippen molar-refractivity contribution >= 4 is 43.9 Å². The average molecular weight is 306 g/mol. The quantitative estimate of drug-likeness (QED) is 0.914. The van der Waals surface area contributed by atoms with E-state index in [1.165, 1.54) is 11.3 Å². The van der Waals surface area contributed by atoms with Gasteiger partial charge in [-0.2, -0.15) is 0 Å². The van der Waals surface area contributed by atoms with E-state index in [-0.39, 0.29) is 0 Å². The first-order valence-electron chi connectivity index (χ1n) is 3.99. The number of ether oxygens (including phenoxy) is 1. The van der Waals surface area contributed by atoms with E-state index in [0.29, 0.717) is 21.0 Å². The number of thiazole rings is 1. The molecule has 0 saturated carbocycles. The Labute approximate surface area is 104 Å². The standard InChI is InChI=1S/C9H6BrClN2OS/c10-5-1-2-6(11)7(3-5)14-9-13-4-8(12)15-9/h1-4H,12H2. The second-order valence-corrected chi connectivity index (χ2v) is 5.05. The van der Waals surface area contributed by atoms with Crippen molar-refractivity contribution in [1.82, 2.24) is 4.98 Å². The maximum Gasteiger partial charge on any atom is 0.280 e. The molecule has 0 atom stereocenters. The third kappa shape index (κ3) is 2.62. The van der Waals surface area contributed by atoms with Gasteiger partial charge in [0.1, 0.15) is 10.8 Å². The molecule has 0 unspecified atom stereocenters. The third-order valence-corrected chi connectivity index (χ3v) is 3.10. The minimum absolute atomic E-state index is 0.479. The van der Waals surface area contributed by atoms with Crippen molar-refractivity contribution in [2.45, 2.75) is 0 Å². The third-order valence-electron chi connectivity index (χ3n) is 1.59. The first-order chi connectivity index (χ1) is 7.15. The fourth-order valence-electron chi connectivity index (χ4n) is 0.967. The summed E-state index contributed by atoms with van der Waals surface area (Å²) in [4.78, 5) is 3.98. The Morgan fingerprint density at radius 1 is 1.47 bits per heavy atom. The minimum atomic E-state index is 0.479. The van der Waals surface area contributed by atoms with Crippen LogP contribution in [0.1, 0.15) is 0 Å². The molecular formula is C9H6BrClN2OS. The van der Waals surface area contributed by atoms with E-state index in [1.807, 2.05) is 6.07 Å². The van der Waals surface area contributed by atoms with Crippen molar-refractivity contribution in [2.24, 2.45) is 0 Å². The van der Waals surface area contributed by atoms with E-state index in [1.54, 1.807) is 18.3 Å². The fourth-order valence-corrected chi connectivity index (χ4v) is 2.01. The van der Waals surface area contributed by atoms with Gasteiger partial charge < -0.3 is 10.5 Å². The first-order valence-corrected chi connectivity index (χ1v) is 5.98. The van der Waals surface area contributed by atoms with Crippen LogP contribution in [0.2, 0.25) is 5.02 Å². The number of nitrogen functional groups attached to an aromatic ring is 1. The van der Waals surface area contributed by atoms with Gasteiger partial charge in [0.25, 0.3) is 5.19 Å². The van der Waals surface area contributed by atoms with Gasteiger partial charge in [-0.1, -0.05) is 38.9 Å². The van der Waals surface area contributed by atoms with E-state index in [9.17, 15) is 0 Å². The SMILES string of the molecule is Nc1cnc(Oc2cc(Br)ccc2Cl)s1. The zero-order valence-corrected chi connectivity index (χ0v) is 10.6. The number of benzene rings is 1. The Bertz CT molecular complexity index is 489. The molecule has 0 fully saturated rings. The fraction of sp³-hybridized carbons (Fsp3) is 0. The number of rotatable bonds is 2. The van der Waals surface area contributed by atoms with Crippen molar-refractivity contribution in [3.8, 4) is 10.9 Å². The summed E-state index contributed by atoms with van der Waals surface area (Å²) >= 11 is 10.6. The van der Waals surface area contributed by atoms with Gasteiger partial charge in [0.2, 0.25) is 0 Å². The minimum Gasteiger partial charge on any atom is -0.429 e. The molecule has 15 heavy (non-hydrogen) atoms. The number of nitrogens with two attached hydrogens (primary N) is 1. The molecular weight excluding hydrogens is 300 g/mol. The molecule has 2 rings (SSSR count). The molecule has 2 N–H and O–H groups in total. The molecule has 2 aromatic rings. The van der Waals surface area contributed by atoms with Crippen molar-refractivity contribution in [2.75, 3.05) is 5.73 Å². The van der Waals surface area contributed by atoms with Gasteiger partial charge >= 0.3 is 0 Å². The van der Waals surface area contributed by atoms with Crippen molar-refractivity contribution in [3.63, 3.8) is 0 Å². The number of halogens is 2. The summed E-state index contributed by atoms with van der Waals surface area (Å²) in [5, 5.41) is 1.62. The van der Waals surface area contributed by atoms with Crippen LogP contribution in [0.3, 0.4) is 0 Å². The molecule has 0 saturated heterocycles. The smallest absolute Gasteiger partial charge is 0.280 e. The van der Waals surface area contributed by atoms with Gasteiger partial charge in [-0.25, -0.2) is 4.98 Å². The Balaban J connectivity index is 2.27. The summed E-state index contributed by atoms with van der Waals surface area (Å²) < 4.78 is 6.37. The Morgan fingerprint density at radius 2 is 2.27 bits per heavy atom. The zero-order valence-electron chi connectivity index (χ0n) is 7.41. The molecule has 0 spiro atoms. The highest BCUT2D eigenvalue weighted by Crippen LogP contribution is 2.34. The summed E-state index contributed by atoms with van der Waals surface area (Å²) in [6.07, 6.45) is 1.55. The highest BCUT2D eigenvalue weighted by molar-refractivity contribution is 9.10. The van der Waals surface area contributed by atoms with Crippen LogP contribution in [-0.4, -0.2) is 4.98 Å². The van der Waals surface area contributed by atoms with Crippen LogP contribution < -0.4 is 10.5 Å². The average Bonchev–Trinajstić information content (AvgIpc) is 2.58. The van der Waals surface area contributed by atoms with Gasteiger partial charge in [0.15, 0.2) is 0 Å². The van der Waals surface area contributed by atoms with Crippen LogP contribution in [-0.2, 0) is 0 Å². The predicted molar refractivity (Wildman–Crippen MR) is 65.8 cm³/mol. The topological polar surface area (TPSA) is 48.1 Å². The van der Waals surface area contributed by atoms with E-state index < -0.39 is 0 Å². The highest BCUT2D eigenvalue weighted by atomic mass is 79.9. The molecule has 1 aromatic carbocycles. The molecule has 0 amide bonds. The van der Waals surface area contributed by atoms with Crippen molar-refractivity contribution in [1.29, 1.82) is 0 Å². The lowest BCUT2D eigenvalue weighted by Crippen LogP contribution is -1.83. The van der Waals surface area contributed by atoms with E-state index in [4.69, 9.17) is 22.1 Å². The lowest BCUT2D eigenvalue weighted by Gasteiger charge is -2.03. The molecule has 0 radical (unpaired) electrons. The van der Waals surface area contributed by atoms with Gasteiger partial charge in [-0.3, -0.25) is 0 Å². The number of anilines is 1. The number of aromatic nitrogens is 1. The summed E-state index contributed by atoms with van der Waals surface area (Å²) in [6.45, 7) is 0. The molecule has 0 aliphatic carbocycles. The molecule has 0 aliphatic heterocycles. The van der Waals surface area contributed by atoms with E-state index in [0.717, 1.165) is 4.47 Å². The first kappa shape index (κ1) is 10.7. The normalized spacial score (nSPS) is 10.3. The second-order valence-electron chi connectivity index (χ2n) is 2.71. The summed E-state index contributed by atoms with van der Waals surface area (Å²) in [7, 11) is 0. The number of hydrogen-bond acceptors (Lipinski definition) is 4. The largest absolute Gasteiger partial charge is 0.429 e. The molecule has 0 bridgehead atoms. The molecule has 0 aliphatic rings. The van der Waals surface area contributed by atoms with E-state index in [2.05, 4.69) is 20.9 Å². The maximum atomic E-state index is 5.95. The van der Waals surface area contributed by atoms with Crippen LogP contribution in [0.4, 0.5) is 5.00 Å². The monoisotopic (exact) mass is 304 g/mol. The maximum absolute atomic E-state index is 5.95. The number of nitrogens with zero attached hydrogens (tertiary/aromatic N) is 1. The summed E-state index contributed by atoms with van der Waals surface area (Å²) in [5.74, 6) is 0.556. The van der Waals surface area contributed by atoms with Crippen LogP contribution in [0.25, 0.3) is 0 Å². The molecule has 3 nitrogen and oxygen atoms in total. The summed E-state index contributed by atoms with van der Waals surface area (Å²) in [5.41, 5.74) is 5.53. The van der Waals surface area contributed by atoms with Crippen LogP contribution in [0.5, 0.6) is 10.9 Å². The molecule has 1 aromatic heterocycles. The van der Waals surface area contributed by atoms with Crippen LogP contribution in [0.15, 0.2) is 28.9 Å². The predicted octanol–water partition coefficient (Wildman–Crippen LogP) is 3.93. The molecule has 1 heterocycles. The van der Waals surface area contributed by atoms with Gasteiger partial charge in [-0.15, -0.1) is 0 Å². The Hall–Kier alpha value is -0.780. The highest BCUT2D eigenvalue weighted by Gasteiger charge is 2.06. The molecule has 78 valence electrons. The van der Waals surface area contributed by atoms with E-state index >= 15 is 0 Å².